The number of hydrogen-bond acceptors (Lipinski definition) is 3. The van der Waals surface area contributed by atoms with Crippen LogP contribution in [0, 0.1) is 0 Å². The predicted molar refractivity (Wildman–Crippen MR) is 108 cm³/mol. The lowest BCUT2D eigenvalue weighted by atomic mass is 10.1. The Kier molecular flexibility index (Phi) is 3.72. The molecule has 0 radical (unpaired) electrons. The molecule has 128 valence electrons. The number of benzene rings is 2. The molecule has 0 aliphatic heterocycles. The number of rotatable bonds is 3. The number of aromatic amines is 1. The summed E-state index contributed by atoms with van der Waals surface area (Å²) in [6.07, 6.45) is 1.83. The van der Waals surface area contributed by atoms with E-state index in [1.807, 2.05) is 72.9 Å². The fourth-order valence-corrected chi connectivity index (χ4v) is 3.16. The average Bonchev–Trinajstić information content (AvgIpc) is 3.19. The maximum atomic E-state index is 4.79. The van der Waals surface area contributed by atoms with Crippen molar-refractivity contribution in [2.45, 2.75) is 0 Å². The maximum Gasteiger partial charge on any atom is 0.157 e. The van der Waals surface area contributed by atoms with Crippen LogP contribution >= 0.6 is 0 Å². The molecular weight excluding hydrogens is 332 g/mol. The molecule has 0 fully saturated rings. The van der Waals surface area contributed by atoms with E-state index in [0.29, 0.717) is 0 Å². The van der Waals surface area contributed by atoms with Gasteiger partial charge in [0.15, 0.2) is 5.82 Å². The maximum absolute atomic E-state index is 4.79. The molecule has 5 aromatic rings. The Morgan fingerprint density at radius 2 is 1.41 bits per heavy atom. The van der Waals surface area contributed by atoms with E-state index in [4.69, 9.17) is 4.98 Å². The Morgan fingerprint density at radius 1 is 0.593 bits per heavy atom. The van der Waals surface area contributed by atoms with Crippen LogP contribution in [0.15, 0.2) is 91.1 Å². The third-order valence-corrected chi connectivity index (χ3v) is 4.51. The van der Waals surface area contributed by atoms with Crippen molar-refractivity contribution in [3.63, 3.8) is 0 Å². The summed E-state index contributed by atoms with van der Waals surface area (Å²) in [7, 11) is 0. The molecule has 3 heterocycles. The van der Waals surface area contributed by atoms with E-state index in [1.54, 1.807) is 0 Å². The highest BCUT2D eigenvalue weighted by molar-refractivity contribution is 5.79. The molecular formula is C23H16N4. The number of nitrogens with zero attached hydrogens (tertiary/aromatic N) is 3. The number of pyridine rings is 2. The zero-order chi connectivity index (χ0) is 18.1. The first-order valence-electron chi connectivity index (χ1n) is 8.81. The van der Waals surface area contributed by atoms with Gasteiger partial charge in [0.05, 0.1) is 22.4 Å². The second-order valence-electron chi connectivity index (χ2n) is 6.31. The van der Waals surface area contributed by atoms with E-state index in [2.05, 4.69) is 33.2 Å². The molecule has 0 saturated heterocycles. The molecule has 5 rings (SSSR count). The summed E-state index contributed by atoms with van der Waals surface area (Å²) in [5.74, 6) is 0.761. The van der Waals surface area contributed by atoms with Crippen LogP contribution in [0.25, 0.3) is 45.1 Å². The highest BCUT2D eigenvalue weighted by Gasteiger charge is 2.09. The summed E-state index contributed by atoms with van der Waals surface area (Å²) in [4.78, 5) is 17.3. The van der Waals surface area contributed by atoms with Gasteiger partial charge in [-0.2, -0.15) is 0 Å². The van der Waals surface area contributed by atoms with Crippen LogP contribution in [0.2, 0.25) is 0 Å². The van der Waals surface area contributed by atoms with Crippen LogP contribution < -0.4 is 0 Å². The molecule has 2 aromatic carbocycles. The molecule has 0 amide bonds. The Balaban J connectivity index is 1.56. The number of aromatic nitrogens is 4. The lowest BCUT2D eigenvalue weighted by Crippen LogP contribution is -1.92. The molecule has 0 spiro atoms. The van der Waals surface area contributed by atoms with Gasteiger partial charge in [-0.15, -0.1) is 0 Å². The normalized spacial score (nSPS) is 11.0. The van der Waals surface area contributed by atoms with E-state index < -0.39 is 0 Å². The van der Waals surface area contributed by atoms with Crippen molar-refractivity contribution in [2.75, 3.05) is 0 Å². The van der Waals surface area contributed by atoms with Crippen LogP contribution in [0.4, 0.5) is 0 Å². The standard InChI is InChI=1S/C23H16N4/c1-2-7-16(8-3-1)17-13-14-24-22(15-17)20-11-6-12-21(25-20)23-26-18-9-4-5-10-19(18)27-23/h1-15H,(H,26,27). The number of H-pyrrole nitrogens is 1. The van der Waals surface area contributed by atoms with Gasteiger partial charge in [0, 0.05) is 6.20 Å². The van der Waals surface area contributed by atoms with Gasteiger partial charge >= 0.3 is 0 Å². The Morgan fingerprint density at radius 3 is 2.30 bits per heavy atom. The van der Waals surface area contributed by atoms with Gasteiger partial charge in [-0.05, 0) is 47.5 Å². The molecule has 4 heteroatoms. The van der Waals surface area contributed by atoms with Gasteiger partial charge in [-0.3, -0.25) is 4.98 Å². The fourth-order valence-electron chi connectivity index (χ4n) is 3.16. The minimum atomic E-state index is 0.761. The highest BCUT2D eigenvalue weighted by atomic mass is 15.0. The number of fused-ring (bicyclic) bond motifs is 1. The monoisotopic (exact) mass is 348 g/mol. The number of para-hydroxylation sites is 2. The van der Waals surface area contributed by atoms with E-state index in [0.717, 1.165) is 45.1 Å². The summed E-state index contributed by atoms with van der Waals surface area (Å²) in [5, 5.41) is 0. The summed E-state index contributed by atoms with van der Waals surface area (Å²) in [6.45, 7) is 0. The molecule has 0 unspecified atom stereocenters. The number of imidazole rings is 1. The molecule has 0 aliphatic carbocycles. The smallest absolute Gasteiger partial charge is 0.157 e. The van der Waals surface area contributed by atoms with Crippen molar-refractivity contribution in [3.05, 3.63) is 91.1 Å². The lowest BCUT2D eigenvalue weighted by Gasteiger charge is -2.06. The first kappa shape index (κ1) is 15.5. The van der Waals surface area contributed by atoms with Crippen molar-refractivity contribution >= 4 is 11.0 Å². The molecule has 1 N–H and O–H groups in total. The van der Waals surface area contributed by atoms with Gasteiger partial charge in [-0.25, -0.2) is 9.97 Å². The lowest BCUT2D eigenvalue weighted by molar-refractivity contribution is 1.21. The molecule has 0 atom stereocenters. The van der Waals surface area contributed by atoms with Crippen LogP contribution in [0.1, 0.15) is 0 Å². The van der Waals surface area contributed by atoms with Gasteiger partial charge in [0.25, 0.3) is 0 Å². The quantitative estimate of drug-likeness (QED) is 0.478. The van der Waals surface area contributed by atoms with Crippen LogP contribution in [-0.2, 0) is 0 Å². The van der Waals surface area contributed by atoms with Gasteiger partial charge < -0.3 is 4.98 Å². The van der Waals surface area contributed by atoms with E-state index in [9.17, 15) is 0 Å². The minimum absolute atomic E-state index is 0.761. The van der Waals surface area contributed by atoms with Crippen molar-refractivity contribution in [3.8, 4) is 34.0 Å². The highest BCUT2D eigenvalue weighted by Crippen LogP contribution is 2.25. The predicted octanol–water partition coefficient (Wildman–Crippen LogP) is 5.35. The molecule has 4 nitrogen and oxygen atoms in total. The topological polar surface area (TPSA) is 54.5 Å². The Bertz CT molecular complexity index is 1190. The summed E-state index contributed by atoms with van der Waals surface area (Å²) in [5.41, 5.74) is 6.69. The van der Waals surface area contributed by atoms with Crippen molar-refractivity contribution in [2.24, 2.45) is 0 Å². The second kappa shape index (κ2) is 6.50. The zero-order valence-corrected chi connectivity index (χ0v) is 14.5. The van der Waals surface area contributed by atoms with Gasteiger partial charge in [-0.1, -0.05) is 48.5 Å². The van der Waals surface area contributed by atoms with E-state index in [-0.39, 0.29) is 0 Å². The SMILES string of the molecule is c1ccc(-c2ccnc(-c3cccc(-c4nc5ccccc5[nH]4)n3)c2)cc1. The number of hydrogen-bond donors (Lipinski definition) is 1. The van der Waals surface area contributed by atoms with Crippen molar-refractivity contribution < 1.29 is 0 Å². The molecule has 27 heavy (non-hydrogen) atoms. The molecule has 0 bridgehead atoms. The summed E-state index contributed by atoms with van der Waals surface area (Å²) < 4.78 is 0. The molecule has 0 aliphatic rings. The Hall–Kier alpha value is -3.79. The van der Waals surface area contributed by atoms with Crippen LogP contribution in [-0.4, -0.2) is 19.9 Å². The van der Waals surface area contributed by atoms with Crippen LogP contribution in [0.3, 0.4) is 0 Å². The largest absolute Gasteiger partial charge is 0.337 e. The summed E-state index contributed by atoms with van der Waals surface area (Å²) in [6, 6.07) is 28.3. The first-order chi connectivity index (χ1) is 13.4. The fraction of sp³-hybridized carbons (Fsp3) is 0. The van der Waals surface area contributed by atoms with Gasteiger partial charge in [0.1, 0.15) is 5.69 Å². The van der Waals surface area contributed by atoms with E-state index in [1.165, 1.54) is 0 Å². The molecule has 0 saturated carbocycles. The van der Waals surface area contributed by atoms with E-state index >= 15 is 0 Å². The van der Waals surface area contributed by atoms with Crippen LogP contribution in [0.5, 0.6) is 0 Å². The minimum Gasteiger partial charge on any atom is -0.337 e. The number of nitrogens with one attached hydrogen (secondary N) is 1. The zero-order valence-electron chi connectivity index (χ0n) is 14.5. The first-order valence-corrected chi connectivity index (χ1v) is 8.81. The molecule has 3 aromatic heterocycles. The third kappa shape index (κ3) is 2.98. The second-order valence-corrected chi connectivity index (χ2v) is 6.31. The van der Waals surface area contributed by atoms with Crippen molar-refractivity contribution in [1.82, 2.24) is 19.9 Å². The summed E-state index contributed by atoms with van der Waals surface area (Å²) >= 11 is 0. The Labute approximate surface area is 156 Å². The third-order valence-electron chi connectivity index (χ3n) is 4.51. The van der Waals surface area contributed by atoms with Gasteiger partial charge in [0.2, 0.25) is 0 Å². The average molecular weight is 348 g/mol. The van der Waals surface area contributed by atoms with Crippen molar-refractivity contribution in [1.29, 1.82) is 0 Å².